The van der Waals surface area contributed by atoms with E-state index >= 15 is 0 Å². The molecule has 1 aromatic heterocycles. The molecule has 3 aromatic carbocycles. The Morgan fingerprint density at radius 2 is 1.48 bits per heavy atom. The molecule has 0 aliphatic carbocycles. The lowest BCUT2D eigenvalue weighted by molar-refractivity contribution is -0.146. The zero-order valence-electron chi connectivity index (χ0n) is 18.4. The first-order valence-corrected chi connectivity index (χ1v) is 11.4. The van der Waals surface area contributed by atoms with E-state index in [4.69, 9.17) is 0 Å². The van der Waals surface area contributed by atoms with Crippen LogP contribution in [0.4, 0.5) is 5.69 Å². The SMILES string of the molecule is CC(C)(Cc1ncc(-c2ccc(C(=O)Nc3ccc(-c4ccccc4)cc3)cc2)s1)C(=O)O. The van der Waals surface area contributed by atoms with Gasteiger partial charge in [0.2, 0.25) is 0 Å². The molecule has 0 fully saturated rings. The summed E-state index contributed by atoms with van der Waals surface area (Å²) in [6.45, 7) is 3.39. The third kappa shape index (κ3) is 5.35. The van der Waals surface area contributed by atoms with Crippen LogP contribution in [0.1, 0.15) is 29.2 Å². The van der Waals surface area contributed by atoms with Crippen LogP contribution < -0.4 is 5.32 Å². The number of anilines is 1. The number of hydrogen-bond donors (Lipinski definition) is 2. The van der Waals surface area contributed by atoms with Gasteiger partial charge in [-0.05, 0) is 54.8 Å². The molecule has 1 heterocycles. The van der Waals surface area contributed by atoms with Gasteiger partial charge in [-0.15, -0.1) is 11.3 Å². The van der Waals surface area contributed by atoms with Crippen LogP contribution in [-0.2, 0) is 11.2 Å². The number of thiazole rings is 1. The summed E-state index contributed by atoms with van der Waals surface area (Å²) in [5, 5.41) is 13.0. The Bertz CT molecular complexity index is 1260. The second kappa shape index (κ2) is 9.38. The molecule has 0 radical (unpaired) electrons. The average Bonchev–Trinajstić information content (AvgIpc) is 3.28. The molecule has 4 aromatic rings. The highest BCUT2D eigenvalue weighted by Crippen LogP contribution is 2.31. The topological polar surface area (TPSA) is 79.3 Å². The van der Waals surface area contributed by atoms with E-state index in [1.807, 2.05) is 66.7 Å². The van der Waals surface area contributed by atoms with E-state index in [1.54, 1.807) is 32.2 Å². The molecule has 0 bridgehead atoms. The molecule has 6 heteroatoms. The van der Waals surface area contributed by atoms with Crippen molar-refractivity contribution in [1.29, 1.82) is 0 Å². The maximum atomic E-state index is 12.7. The van der Waals surface area contributed by atoms with Gasteiger partial charge in [-0.1, -0.05) is 54.6 Å². The molecule has 5 nitrogen and oxygen atoms in total. The van der Waals surface area contributed by atoms with Crippen LogP contribution in [0.5, 0.6) is 0 Å². The van der Waals surface area contributed by atoms with Crippen molar-refractivity contribution in [2.75, 3.05) is 5.32 Å². The summed E-state index contributed by atoms with van der Waals surface area (Å²) in [5.41, 5.74) is 3.59. The number of carboxylic acids is 1. The second-order valence-electron chi connectivity index (χ2n) is 8.46. The molecular formula is C27H24N2O3S. The second-order valence-corrected chi connectivity index (χ2v) is 9.57. The smallest absolute Gasteiger partial charge is 0.309 e. The molecule has 0 saturated carbocycles. The number of carbonyl (C=O) groups is 2. The van der Waals surface area contributed by atoms with Crippen molar-refractivity contribution < 1.29 is 14.7 Å². The maximum absolute atomic E-state index is 12.7. The van der Waals surface area contributed by atoms with E-state index in [-0.39, 0.29) is 5.91 Å². The number of aliphatic carboxylic acids is 1. The normalized spacial score (nSPS) is 11.2. The Kier molecular flexibility index (Phi) is 6.38. The monoisotopic (exact) mass is 456 g/mol. The lowest BCUT2D eigenvalue weighted by atomic mass is 9.90. The van der Waals surface area contributed by atoms with Gasteiger partial charge in [0.05, 0.1) is 15.3 Å². The first kappa shape index (κ1) is 22.4. The summed E-state index contributed by atoms with van der Waals surface area (Å²) in [4.78, 5) is 29.3. The van der Waals surface area contributed by atoms with Crippen LogP contribution in [-0.4, -0.2) is 22.0 Å². The van der Waals surface area contributed by atoms with Crippen LogP contribution in [0.3, 0.4) is 0 Å². The first-order valence-electron chi connectivity index (χ1n) is 10.6. The van der Waals surface area contributed by atoms with Crippen molar-refractivity contribution in [2.24, 2.45) is 5.41 Å². The molecule has 4 rings (SSSR count). The highest BCUT2D eigenvalue weighted by molar-refractivity contribution is 7.15. The molecule has 0 atom stereocenters. The molecule has 166 valence electrons. The average molecular weight is 457 g/mol. The van der Waals surface area contributed by atoms with Gasteiger partial charge in [0, 0.05) is 23.9 Å². The van der Waals surface area contributed by atoms with E-state index in [1.165, 1.54) is 11.3 Å². The number of amides is 1. The van der Waals surface area contributed by atoms with Crippen LogP contribution in [0, 0.1) is 5.41 Å². The third-order valence-corrected chi connectivity index (χ3v) is 6.45. The van der Waals surface area contributed by atoms with Gasteiger partial charge in [0.15, 0.2) is 0 Å². The number of hydrogen-bond acceptors (Lipinski definition) is 4. The summed E-state index contributed by atoms with van der Waals surface area (Å²) >= 11 is 1.47. The fourth-order valence-electron chi connectivity index (χ4n) is 3.34. The van der Waals surface area contributed by atoms with Gasteiger partial charge >= 0.3 is 5.97 Å². The number of carboxylic acid groups (broad SMARTS) is 1. The molecule has 0 unspecified atom stereocenters. The summed E-state index contributed by atoms with van der Waals surface area (Å²) in [6, 6.07) is 25.2. The summed E-state index contributed by atoms with van der Waals surface area (Å²) in [7, 11) is 0. The lowest BCUT2D eigenvalue weighted by Crippen LogP contribution is -2.26. The summed E-state index contributed by atoms with van der Waals surface area (Å²) < 4.78 is 0. The largest absolute Gasteiger partial charge is 0.481 e. The van der Waals surface area contributed by atoms with Crippen molar-refractivity contribution in [3.05, 3.63) is 95.6 Å². The standard InChI is InChI=1S/C27H24N2O3S/c1-27(2,26(31)32)16-24-28-17-23(33-24)20-8-10-21(11-9-20)25(30)29-22-14-12-19(13-15-22)18-6-4-3-5-7-18/h3-15,17H,16H2,1-2H3,(H,29,30)(H,31,32). The molecule has 0 saturated heterocycles. The highest BCUT2D eigenvalue weighted by Gasteiger charge is 2.28. The number of nitrogens with one attached hydrogen (secondary N) is 1. The highest BCUT2D eigenvalue weighted by atomic mass is 32.1. The van der Waals surface area contributed by atoms with Gasteiger partial charge in [0.25, 0.3) is 5.91 Å². The van der Waals surface area contributed by atoms with Crippen LogP contribution in [0.2, 0.25) is 0 Å². The van der Waals surface area contributed by atoms with Gasteiger partial charge in [0.1, 0.15) is 0 Å². The van der Waals surface area contributed by atoms with Crippen molar-refractivity contribution >= 4 is 28.9 Å². The number of nitrogens with zero attached hydrogens (tertiary/aromatic N) is 1. The lowest BCUT2D eigenvalue weighted by Gasteiger charge is -2.16. The third-order valence-electron chi connectivity index (χ3n) is 5.41. The first-order chi connectivity index (χ1) is 15.8. The predicted molar refractivity (Wildman–Crippen MR) is 133 cm³/mol. The van der Waals surface area contributed by atoms with E-state index < -0.39 is 11.4 Å². The predicted octanol–water partition coefficient (Wildman–Crippen LogP) is 6.38. The van der Waals surface area contributed by atoms with Crippen LogP contribution in [0.25, 0.3) is 21.6 Å². The van der Waals surface area contributed by atoms with Gasteiger partial charge < -0.3 is 10.4 Å². The zero-order valence-corrected chi connectivity index (χ0v) is 19.2. The minimum Gasteiger partial charge on any atom is -0.481 e. The Labute approximate surface area is 196 Å². The molecule has 1 amide bonds. The Morgan fingerprint density at radius 1 is 0.879 bits per heavy atom. The number of rotatable bonds is 7. The van der Waals surface area contributed by atoms with Crippen LogP contribution >= 0.6 is 11.3 Å². The number of aromatic nitrogens is 1. The molecular weight excluding hydrogens is 432 g/mol. The van der Waals surface area contributed by atoms with E-state index in [0.29, 0.717) is 12.0 Å². The van der Waals surface area contributed by atoms with Crippen molar-refractivity contribution in [1.82, 2.24) is 4.98 Å². The van der Waals surface area contributed by atoms with E-state index in [2.05, 4.69) is 10.3 Å². The Morgan fingerprint density at radius 3 is 2.12 bits per heavy atom. The van der Waals surface area contributed by atoms with Gasteiger partial charge in [-0.25, -0.2) is 4.98 Å². The van der Waals surface area contributed by atoms with Crippen LogP contribution in [0.15, 0.2) is 85.1 Å². The molecule has 2 N–H and O–H groups in total. The molecule has 33 heavy (non-hydrogen) atoms. The van der Waals surface area contributed by atoms with Crippen molar-refractivity contribution in [3.63, 3.8) is 0 Å². The van der Waals surface area contributed by atoms with Gasteiger partial charge in [-0.3, -0.25) is 9.59 Å². The quantitative estimate of drug-likeness (QED) is 0.338. The van der Waals surface area contributed by atoms with E-state index in [0.717, 1.165) is 32.3 Å². The number of benzene rings is 3. The van der Waals surface area contributed by atoms with E-state index in [9.17, 15) is 14.7 Å². The minimum absolute atomic E-state index is 0.179. The Hall–Kier alpha value is -3.77. The Balaban J connectivity index is 1.41. The zero-order chi connectivity index (χ0) is 23.4. The van der Waals surface area contributed by atoms with Crippen molar-refractivity contribution in [3.8, 4) is 21.6 Å². The number of carbonyl (C=O) groups excluding carboxylic acids is 1. The van der Waals surface area contributed by atoms with Gasteiger partial charge in [-0.2, -0.15) is 0 Å². The minimum atomic E-state index is -0.865. The fourth-order valence-corrected chi connectivity index (χ4v) is 4.50. The molecule has 0 aliphatic heterocycles. The molecule has 0 aliphatic rings. The summed E-state index contributed by atoms with van der Waals surface area (Å²) in [5.74, 6) is -1.02. The van der Waals surface area contributed by atoms with Crippen molar-refractivity contribution in [2.45, 2.75) is 20.3 Å². The summed E-state index contributed by atoms with van der Waals surface area (Å²) in [6.07, 6.45) is 2.12. The fraction of sp³-hybridized carbons (Fsp3) is 0.148. The molecule has 0 spiro atoms. The maximum Gasteiger partial charge on any atom is 0.309 e.